The van der Waals surface area contributed by atoms with Crippen molar-refractivity contribution in [3.63, 3.8) is 0 Å². The Kier molecular flexibility index (Phi) is 1.46. The van der Waals surface area contributed by atoms with Crippen molar-refractivity contribution in [2.75, 3.05) is 18.5 Å². The number of likely N-dealkylation sites (N-methyl/N-ethyl adjacent to an activating group) is 1. The van der Waals surface area contributed by atoms with E-state index in [0.29, 0.717) is 0 Å². The van der Waals surface area contributed by atoms with Gasteiger partial charge in [-0.2, -0.15) is 0 Å². The number of hydrogen-bond acceptors (Lipinski definition) is 3. The summed E-state index contributed by atoms with van der Waals surface area (Å²) in [5, 5.41) is 0. The van der Waals surface area contributed by atoms with Gasteiger partial charge in [0.25, 0.3) is 0 Å². The Morgan fingerprint density at radius 1 is 1.58 bits per heavy atom. The van der Waals surface area contributed by atoms with Gasteiger partial charge in [0.15, 0.2) is 0 Å². The first-order valence-electron chi connectivity index (χ1n) is 4.03. The van der Waals surface area contributed by atoms with Crippen LogP contribution in [-0.2, 0) is 6.42 Å². The van der Waals surface area contributed by atoms with Gasteiger partial charge in [-0.15, -0.1) is 0 Å². The summed E-state index contributed by atoms with van der Waals surface area (Å²) in [7, 11) is 1.99. The molecule has 12 heavy (non-hydrogen) atoms. The van der Waals surface area contributed by atoms with Crippen molar-refractivity contribution in [3.8, 4) is 0 Å². The molecule has 3 heteroatoms. The molecule has 64 valence electrons. The molecule has 0 radical (unpaired) electrons. The smallest absolute Gasteiger partial charge is 0.337 e. The molecule has 2 heterocycles. The van der Waals surface area contributed by atoms with E-state index in [2.05, 4.69) is 4.90 Å². The van der Waals surface area contributed by atoms with E-state index < -0.39 is 0 Å². The highest BCUT2D eigenvalue weighted by Crippen LogP contribution is 2.26. The average Bonchev–Trinajstić information content (AvgIpc) is 2.33. The van der Waals surface area contributed by atoms with Crippen molar-refractivity contribution in [3.05, 3.63) is 27.8 Å². The van der Waals surface area contributed by atoms with Crippen LogP contribution in [-0.4, -0.2) is 13.6 Å². The van der Waals surface area contributed by atoms with E-state index in [1.807, 2.05) is 14.0 Å². The van der Waals surface area contributed by atoms with Gasteiger partial charge in [0.2, 0.25) is 0 Å². The van der Waals surface area contributed by atoms with E-state index in [-0.39, 0.29) is 5.63 Å². The van der Waals surface area contributed by atoms with Gasteiger partial charge >= 0.3 is 5.63 Å². The summed E-state index contributed by atoms with van der Waals surface area (Å²) in [4.78, 5) is 13.1. The first kappa shape index (κ1) is 7.40. The first-order chi connectivity index (χ1) is 5.68. The maximum absolute atomic E-state index is 11.0. The van der Waals surface area contributed by atoms with E-state index in [9.17, 15) is 4.79 Å². The summed E-state index contributed by atoms with van der Waals surface area (Å²) in [6.07, 6.45) is 0.988. The Hall–Kier alpha value is -1.25. The molecule has 1 aromatic rings. The molecule has 0 bridgehead atoms. The molecule has 0 N–H and O–H groups in total. The maximum Gasteiger partial charge on any atom is 0.337 e. The zero-order valence-electron chi connectivity index (χ0n) is 7.26. The molecule has 1 aliphatic heterocycles. The molecule has 0 unspecified atom stereocenters. The lowest BCUT2D eigenvalue weighted by Crippen LogP contribution is -2.13. The molecule has 1 aliphatic rings. The monoisotopic (exact) mass is 165 g/mol. The molecule has 2 rings (SSSR count). The van der Waals surface area contributed by atoms with E-state index >= 15 is 0 Å². The highest BCUT2D eigenvalue weighted by atomic mass is 16.4. The lowest BCUT2D eigenvalue weighted by atomic mass is 10.2. The van der Waals surface area contributed by atoms with E-state index in [0.717, 1.165) is 24.4 Å². The molecule has 1 aromatic heterocycles. The molecule has 3 nitrogen and oxygen atoms in total. The Bertz CT molecular complexity index is 367. The lowest BCUT2D eigenvalue weighted by molar-refractivity contribution is 0.476. The Balaban J connectivity index is 2.68. The van der Waals surface area contributed by atoms with Crippen molar-refractivity contribution < 1.29 is 4.42 Å². The van der Waals surface area contributed by atoms with Crippen LogP contribution in [0.4, 0.5) is 5.69 Å². The first-order valence-corrected chi connectivity index (χ1v) is 4.03. The minimum Gasteiger partial charge on any atom is -0.428 e. The molecule has 0 aliphatic carbocycles. The van der Waals surface area contributed by atoms with E-state index in [1.165, 1.54) is 5.56 Å². The molecular weight excluding hydrogens is 154 g/mol. The fraction of sp³-hybridized carbons (Fsp3) is 0.444. The molecule has 0 spiro atoms. The predicted octanol–water partition coefficient (Wildman–Crippen LogP) is 0.941. The lowest BCUT2D eigenvalue weighted by Gasteiger charge is -2.10. The third-order valence-corrected chi connectivity index (χ3v) is 2.35. The molecule has 0 amide bonds. The van der Waals surface area contributed by atoms with Crippen LogP contribution in [0.5, 0.6) is 0 Å². The average molecular weight is 165 g/mol. The third-order valence-electron chi connectivity index (χ3n) is 2.35. The van der Waals surface area contributed by atoms with Crippen molar-refractivity contribution in [2.45, 2.75) is 13.3 Å². The number of hydrogen-bond donors (Lipinski definition) is 0. The Morgan fingerprint density at radius 3 is 3.08 bits per heavy atom. The molecule has 0 atom stereocenters. The zero-order valence-corrected chi connectivity index (χ0v) is 7.26. The molecule has 0 aromatic carbocycles. The number of aryl methyl sites for hydroxylation is 1. The van der Waals surface area contributed by atoms with Crippen LogP contribution in [0.25, 0.3) is 0 Å². The van der Waals surface area contributed by atoms with Crippen LogP contribution in [0, 0.1) is 6.92 Å². The summed E-state index contributed by atoms with van der Waals surface area (Å²) in [6.45, 7) is 2.83. The van der Waals surface area contributed by atoms with Crippen LogP contribution in [0.15, 0.2) is 15.3 Å². The second kappa shape index (κ2) is 2.37. The van der Waals surface area contributed by atoms with Gasteiger partial charge in [-0.05, 0) is 13.3 Å². The van der Waals surface area contributed by atoms with Crippen molar-refractivity contribution in [1.82, 2.24) is 0 Å². The second-order valence-electron chi connectivity index (χ2n) is 3.16. The van der Waals surface area contributed by atoms with Crippen molar-refractivity contribution in [2.24, 2.45) is 0 Å². The van der Waals surface area contributed by atoms with Crippen LogP contribution in [0.3, 0.4) is 0 Å². The zero-order chi connectivity index (χ0) is 8.72. The maximum atomic E-state index is 11.0. The van der Waals surface area contributed by atoms with E-state index in [1.54, 1.807) is 6.07 Å². The van der Waals surface area contributed by atoms with Gasteiger partial charge in [-0.1, -0.05) is 0 Å². The van der Waals surface area contributed by atoms with Gasteiger partial charge in [0.05, 0.1) is 5.69 Å². The summed E-state index contributed by atoms with van der Waals surface area (Å²) >= 11 is 0. The number of rotatable bonds is 0. The summed E-state index contributed by atoms with van der Waals surface area (Å²) < 4.78 is 4.99. The molecular formula is C9H11NO2. The van der Waals surface area contributed by atoms with Crippen LogP contribution in [0.2, 0.25) is 0 Å². The highest BCUT2D eigenvalue weighted by Gasteiger charge is 2.19. The van der Waals surface area contributed by atoms with E-state index in [4.69, 9.17) is 4.42 Å². The quantitative estimate of drug-likeness (QED) is 0.573. The van der Waals surface area contributed by atoms with Gasteiger partial charge in [-0.25, -0.2) is 4.79 Å². The van der Waals surface area contributed by atoms with Crippen LogP contribution in [0.1, 0.15) is 11.3 Å². The van der Waals surface area contributed by atoms with Gasteiger partial charge in [-0.3, -0.25) is 0 Å². The summed E-state index contributed by atoms with van der Waals surface area (Å²) in [5.74, 6) is 0.766. The summed E-state index contributed by atoms with van der Waals surface area (Å²) in [5.41, 5.74) is 1.96. The number of fused-ring (bicyclic) bond motifs is 1. The number of anilines is 1. The third kappa shape index (κ3) is 0.932. The van der Waals surface area contributed by atoms with Crippen LogP contribution < -0.4 is 10.5 Å². The predicted molar refractivity (Wildman–Crippen MR) is 46.7 cm³/mol. The Labute approximate surface area is 70.6 Å². The fourth-order valence-corrected chi connectivity index (χ4v) is 1.67. The number of nitrogens with zero attached hydrogens (tertiary/aromatic N) is 1. The molecule has 0 fully saturated rings. The van der Waals surface area contributed by atoms with Crippen molar-refractivity contribution in [1.29, 1.82) is 0 Å². The minimum absolute atomic E-state index is 0.250. The fourth-order valence-electron chi connectivity index (χ4n) is 1.67. The highest BCUT2D eigenvalue weighted by molar-refractivity contribution is 5.57. The van der Waals surface area contributed by atoms with Gasteiger partial charge in [0.1, 0.15) is 5.76 Å². The topological polar surface area (TPSA) is 33.5 Å². The van der Waals surface area contributed by atoms with Crippen molar-refractivity contribution >= 4 is 5.69 Å². The molecule has 0 saturated heterocycles. The SMILES string of the molecule is Cc1oc(=O)cc2c1CCN2C. The van der Waals surface area contributed by atoms with Gasteiger partial charge < -0.3 is 9.32 Å². The Morgan fingerprint density at radius 2 is 2.33 bits per heavy atom. The molecule has 0 saturated carbocycles. The summed E-state index contributed by atoms with van der Waals surface area (Å²) in [6, 6.07) is 1.56. The van der Waals surface area contributed by atoms with Gasteiger partial charge in [0, 0.05) is 25.2 Å². The normalized spacial score (nSPS) is 15.0. The standard InChI is InChI=1S/C9H11NO2/c1-6-7-3-4-10(2)8(7)5-9(11)12-6/h5H,3-4H2,1-2H3. The second-order valence-corrected chi connectivity index (χ2v) is 3.16. The minimum atomic E-state index is -0.250. The van der Waals surface area contributed by atoms with Crippen LogP contribution >= 0.6 is 0 Å². The largest absolute Gasteiger partial charge is 0.428 e.